The van der Waals surface area contributed by atoms with Gasteiger partial charge in [-0.1, -0.05) is 97.6 Å². The van der Waals surface area contributed by atoms with E-state index in [1.165, 1.54) is 33.4 Å². The number of allylic oxidation sites excluding steroid dienone is 9. The molecule has 2 aliphatic rings. The summed E-state index contributed by atoms with van der Waals surface area (Å²) < 4.78 is 0. The Bertz CT molecular complexity index is 1040. The van der Waals surface area contributed by atoms with Crippen molar-refractivity contribution in [3.8, 4) is 0 Å². The second-order valence-corrected chi connectivity index (χ2v) is 8.46. The van der Waals surface area contributed by atoms with Crippen molar-refractivity contribution in [2.24, 2.45) is 5.92 Å². The molecule has 3 unspecified atom stereocenters. The SMILES string of the molecule is C=C/C(=C\C=C/C)C1CC2(CC1c1ccccc1)C(=C/C)/C(=C\C)c1ccccc12. The summed E-state index contributed by atoms with van der Waals surface area (Å²) in [5, 5.41) is 0. The third kappa shape index (κ3) is 3.16. The van der Waals surface area contributed by atoms with Gasteiger partial charge in [0.2, 0.25) is 0 Å². The second-order valence-electron chi connectivity index (χ2n) is 8.46. The first-order valence-electron chi connectivity index (χ1n) is 11.1. The molecule has 0 amide bonds. The largest absolute Gasteiger partial charge is 0.0988 e. The van der Waals surface area contributed by atoms with Crippen LogP contribution < -0.4 is 0 Å². The van der Waals surface area contributed by atoms with E-state index in [9.17, 15) is 0 Å². The van der Waals surface area contributed by atoms with E-state index in [4.69, 9.17) is 0 Å². The number of hydrogen-bond acceptors (Lipinski definition) is 0. The van der Waals surface area contributed by atoms with Gasteiger partial charge in [-0.2, -0.15) is 0 Å². The zero-order valence-electron chi connectivity index (χ0n) is 18.4. The van der Waals surface area contributed by atoms with Crippen LogP contribution in [0, 0.1) is 5.92 Å². The Morgan fingerprint density at radius 2 is 1.67 bits per heavy atom. The molecule has 2 aliphatic carbocycles. The van der Waals surface area contributed by atoms with Gasteiger partial charge in [0.25, 0.3) is 0 Å². The normalized spacial score (nSPS) is 28.7. The minimum atomic E-state index is 0.0659. The van der Waals surface area contributed by atoms with Crippen molar-refractivity contribution >= 4 is 5.57 Å². The lowest BCUT2D eigenvalue weighted by atomic mass is 9.75. The molecule has 2 aromatic rings. The van der Waals surface area contributed by atoms with Crippen LogP contribution in [-0.2, 0) is 5.41 Å². The first-order valence-corrected chi connectivity index (χ1v) is 11.1. The van der Waals surface area contributed by atoms with E-state index >= 15 is 0 Å². The summed E-state index contributed by atoms with van der Waals surface area (Å²) in [7, 11) is 0. The van der Waals surface area contributed by atoms with Crippen molar-refractivity contribution in [2.75, 3.05) is 0 Å². The van der Waals surface area contributed by atoms with Crippen molar-refractivity contribution in [2.45, 2.75) is 44.9 Å². The minimum Gasteiger partial charge on any atom is -0.0988 e. The molecule has 1 spiro atoms. The molecule has 1 saturated carbocycles. The average molecular weight is 393 g/mol. The van der Waals surface area contributed by atoms with Crippen LogP contribution in [0.5, 0.6) is 0 Å². The maximum Gasteiger partial charge on any atom is 0.0223 e. The molecule has 0 nitrogen and oxygen atoms in total. The molecule has 0 N–H and O–H groups in total. The number of rotatable bonds is 4. The van der Waals surface area contributed by atoms with Gasteiger partial charge in [-0.05, 0) is 78.9 Å². The van der Waals surface area contributed by atoms with E-state index in [2.05, 4.69) is 118 Å². The van der Waals surface area contributed by atoms with E-state index in [0.29, 0.717) is 11.8 Å². The van der Waals surface area contributed by atoms with Crippen molar-refractivity contribution < 1.29 is 0 Å². The highest BCUT2D eigenvalue weighted by Gasteiger charge is 2.53. The molecule has 0 saturated heterocycles. The van der Waals surface area contributed by atoms with E-state index in [1.54, 1.807) is 0 Å². The molecule has 0 aliphatic heterocycles. The molecular formula is C30H32. The van der Waals surface area contributed by atoms with Crippen LogP contribution in [-0.4, -0.2) is 0 Å². The molecule has 0 aromatic heterocycles. The summed E-state index contributed by atoms with van der Waals surface area (Å²) in [6.45, 7) is 10.7. The Morgan fingerprint density at radius 3 is 2.33 bits per heavy atom. The van der Waals surface area contributed by atoms with Gasteiger partial charge >= 0.3 is 0 Å². The lowest BCUT2D eigenvalue weighted by Gasteiger charge is -2.28. The van der Waals surface area contributed by atoms with E-state index < -0.39 is 0 Å². The number of hydrogen-bond donors (Lipinski definition) is 0. The predicted molar refractivity (Wildman–Crippen MR) is 131 cm³/mol. The summed E-state index contributed by atoms with van der Waals surface area (Å²) >= 11 is 0. The molecule has 0 bridgehead atoms. The van der Waals surface area contributed by atoms with E-state index in [1.807, 2.05) is 0 Å². The van der Waals surface area contributed by atoms with Crippen LogP contribution in [0.15, 0.2) is 109 Å². The molecule has 3 atom stereocenters. The van der Waals surface area contributed by atoms with Gasteiger partial charge in [0, 0.05) is 5.41 Å². The molecule has 1 fully saturated rings. The van der Waals surface area contributed by atoms with Gasteiger partial charge in [0.15, 0.2) is 0 Å². The topological polar surface area (TPSA) is 0 Å². The molecule has 4 rings (SSSR count). The van der Waals surface area contributed by atoms with Crippen molar-refractivity contribution in [3.05, 3.63) is 125 Å². The zero-order chi connectivity index (χ0) is 21.1. The van der Waals surface area contributed by atoms with Crippen molar-refractivity contribution in [1.29, 1.82) is 0 Å². The molecule has 0 heteroatoms. The predicted octanol–water partition coefficient (Wildman–Crippen LogP) is 8.17. The van der Waals surface area contributed by atoms with Gasteiger partial charge in [-0.3, -0.25) is 0 Å². The Kier molecular flexibility index (Phi) is 5.77. The summed E-state index contributed by atoms with van der Waals surface area (Å²) in [6.07, 6.45) is 15.5. The fourth-order valence-electron chi connectivity index (χ4n) is 5.94. The minimum absolute atomic E-state index is 0.0659. The lowest BCUT2D eigenvalue weighted by Crippen LogP contribution is -2.22. The van der Waals surface area contributed by atoms with Gasteiger partial charge in [0.05, 0.1) is 0 Å². The van der Waals surface area contributed by atoms with Gasteiger partial charge in [-0.15, -0.1) is 0 Å². The number of fused-ring (bicyclic) bond motifs is 2. The monoisotopic (exact) mass is 392 g/mol. The first-order chi connectivity index (χ1) is 14.7. The highest BCUT2D eigenvalue weighted by atomic mass is 14.6. The molecule has 30 heavy (non-hydrogen) atoms. The Labute approximate surface area is 182 Å². The van der Waals surface area contributed by atoms with Crippen LogP contribution in [0.1, 0.15) is 56.2 Å². The third-order valence-corrected chi connectivity index (χ3v) is 7.11. The Hall–Kier alpha value is -2.86. The van der Waals surface area contributed by atoms with Crippen molar-refractivity contribution in [1.82, 2.24) is 0 Å². The molecule has 2 aromatic carbocycles. The van der Waals surface area contributed by atoms with E-state index in [0.717, 1.165) is 12.8 Å². The summed E-state index contributed by atoms with van der Waals surface area (Å²) in [4.78, 5) is 0. The highest BCUT2D eigenvalue weighted by Crippen LogP contribution is 2.63. The molecule has 0 heterocycles. The third-order valence-electron chi connectivity index (χ3n) is 7.11. The molecule has 0 radical (unpaired) electrons. The fraction of sp³-hybridized carbons (Fsp3) is 0.267. The van der Waals surface area contributed by atoms with Crippen LogP contribution >= 0.6 is 0 Å². The maximum absolute atomic E-state index is 4.19. The van der Waals surface area contributed by atoms with Gasteiger partial charge < -0.3 is 0 Å². The van der Waals surface area contributed by atoms with Crippen LogP contribution in [0.4, 0.5) is 0 Å². The lowest BCUT2D eigenvalue weighted by molar-refractivity contribution is 0.526. The summed E-state index contributed by atoms with van der Waals surface area (Å²) in [5.74, 6) is 0.917. The Morgan fingerprint density at radius 1 is 0.933 bits per heavy atom. The maximum atomic E-state index is 4.19. The molecular weight excluding hydrogens is 360 g/mol. The fourth-order valence-corrected chi connectivity index (χ4v) is 5.94. The van der Waals surface area contributed by atoms with Crippen LogP contribution in [0.25, 0.3) is 5.57 Å². The Balaban J connectivity index is 1.91. The zero-order valence-corrected chi connectivity index (χ0v) is 18.4. The molecule has 152 valence electrons. The quantitative estimate of drug-likeness (QED) is 0.460. The van der Waals surface area contributed by atoms with Crippen molar-refractivity contribution in [3.63, 3.8) is 0 Å². The average Bonchev–Trinajstić information content (AvgIpc) is 3.31. The number of benzene rings is 2. The highest BCUT2D eigenvalue weighted by molar-refractivity contribution is 5.90. The summed E-state index contributed by atoms with van der Waals surface area (Å²) in [5.41, 5.74) is 8.69. The second kappa shape index (κ2) is 8.48. The standard InChI is InChI=1S/C30H32/c1-5-9-15-22(6-2)26-20-30(21-27(26)23-16-11-10-12-17-23)28(8-4)24(7-3)25-18-13-14-19-29(25)30/h5-19,26-27H,2,20-21H2,1,3-4H3/b9-5-,22-15+,24-7-,28-8+. The van der Waals surface area contributed by atoms with Crippen LogP contribution in [0.3, 0.4) is 0 Å². The van der Waals surface area contributed by atoms with Gasteiger partial charge in [0.1, 0.15) is 0 Å². The van der Waals surface area contributed by atoms with E-state index in [-0.39, 0.29) is 5.41 Å². The van der Waals surface area contributed by atoms with Crippen LogP contribution in [0.2, 0.25) is 0 Å². The summed E-state index contributed by atoms with van der Waals surface area (Å²) in [6, 6.07) is 20.1. The smallest absolute Gasteiger partial charge is 0.0223 e. The first kappa shape index (κ1) is 20.4. The van der Waals surface area contributed by atoms with Gasteiger partial charge in [-0.25, -0.2) is 0 Å².